The monoisotopic (exact) mass is 421 g/mol. The van der Waals surface area contributed by atoms with Crippen LogP contribution in [0.5, 0.6) is 0 Å². The fourth-order valence-electron chi connectivity index (χ4n) is 0. The van der Waals surface area contributed by atoms with E-state index in [0.717, 1.165) is 0 Å². The van der Waals surface area contributed by atoms with Gasteiger partial charge in [-0.3, -0.25) is 16.8 Å². The molecular formula is H6N2O8PtS2. The van der Waals surface area contributed by atoms with Crippen LogP contribution < -0.4 is 12.3 Å². The summed E-state index contributed by atoms with van der Waals surface area (Å²) in [5, 5.41) is 0. The predicted octanol–water partition coefficient (Wildman–Crippen LogP) is -2.35. The molecule has 0 aromatic rings. The molecule has 0 unspecified atom stereocenters. The topological polar surface area (TPSA) is 231 Å². The second-order valence-corrected chi connectivity index (χ2v) is 2.45. The van der Waals surface area contributed by atoms with Gasteiger partial charge in [0.15, 0.2) is 0 Å². The van der Waals surface area contributed by atoms with E-state index in [-0.39, 0.29) is 33.4 Å². The summed E-state index contributed by atoms with van der Waals surface area (Å²) in [5.41, 5.74) is 0. The summed E-state index contributed by atoms with van der Waals surface area (Å²) < 4.78 is 68.2. The van der Waals surface area contributed by atoms with Crippen molar-refractivity contribution in [2.24, 2.45) is 0 Å². The molecule has 0 amide bonds. The molecule has 0 heterocycles. The van der Waals surface area contributed by atoms with Crippen molar-refractivity contribution in [3.63, 3.8) is 0 Å². The van der Waals surface area contributed by atoms with E-state index in [1.54, 1.807) is 0 Å². The van der Waals surface area contributed by atoms with Crippen molar-refractivity contribution in [3.05, 3.63) is 0 Å². The van der Waals surface area contributed by atoms with Crippen molar-refractivity contribution in [2.75, 3.05) is 0 Å². The van der Waals surface area contributed by atoms with Gasteiger partial charge in [-0.25, -0.2) is 0 Å². The first-order valence-corrected chi connectivity index (χ1v) is 4.00. The van der Waals surface area contributed by atoms with Crippen LogP contribution in [-0.4, -0.2) is 35.0 Å². The Labute approximate surface area is 89.3 Å². The third-order valence-electron chi connectivity index (χ3n) is 0. The molecule has 0 aliphatic carbocycles. The van der Waals surface area contributed by atoms with Gasteiger partial charge >= 0.3 is 21.1 Å². The molecule has 0 saturated carbocycles. The fraction of sp³-hybridized carbons (Fsp3) is 0. The Morgan fingerprint density at radius 1 is 0.615 bits per heavy atom. The Kier molecular flexibility index (Phi) is 23.4. The van der Waals surface area contributed by atoms with Gasteiger partial charge in [0.1, 0.15) is 0 Å². The summed E-state index contributed by atoms with van der Waals surface area (Å²) in [7, 11) is -10.3. The second kappa shape index (κ2) is 10.4. The van der Waals surface area contributed by atoms with E-state index in [2.05, 4.69) is 0 Å². The summed E-state index contributed by atoms with van der Waals surface area (Å²) >= 11 is 0. The Hall–Kier alpha value is 0.348. The second-order valence-electron chi connectivity index (χ2n) is 0.816. The maximum atomic E-state index is 8.52. The molecule has 0 aliphatic rings. The first-order valence-electron chi connectivity index (χ1n) is 1.33. The predicted molar refractivity (Wildman–Crippen MR) is 31.0 cm³/mol. The minimum absolute atomic E-state index is 0. The van der Waals surface area contributed by atoms with Crippen molar-refractivity contribution in [3.8, 4) is 0 Å². The first-order chi connectivity index (χ1) is 4.00. The Morgan fingerprint density at radius 2 is 0.615 bits per heavy atom. The van der Waals surface area contributed by atoms with E-state index >= 15 is 0 Å². The van der Waals surface area contributed by atoms with Gasteiger partial charge in [-0.2, -0.15) is 0 Å². The summed E-state index contributed by atoms with van der Waals surface area (Å²) in [5.74, 6) is 0. The van der Waals surface area contributed by atoms with Crippen LogP contribution in [0.1, 0.15) is 0 Å². The van der Waals surface area contributed by atoms with Crippen molar-refractivity contribution in [2.45, 2.75) is 0 Å². The smallest absolute Gasteiger partial charge is 0.759 e. The van der Waals surface area contributed by atoms with E-state index in [1.807, 2.05) is 0 Å². The van der Waals surface area contributed by atoms with E-state index in [0.29, 0.717) is 0 Å². The zero-order valence-corrected chi connectivity index (χ0v) is 9.72. The molecule has 13 heavy (non-hydrogen) atoms. The first kappa shape index (κ1) is 29.2. The van der Waals surface area contributed by atoms with E-state index < -0.39 is 20.8 Å². The van der Waals surface area contributed by atoms with Crippen LogP contribution in [0, 0.1) is 0 Å². The maximum absolute atomic E-state index is 8.52. The largest absolute Gasteiger partial charge is 4.00 e. The van der Waals surface area contributed by atoms with Crippen molar-refractivity contribution in [1.82, 2.24) is 12.3 Å². The molecule has 6 N–H and O–H groups in total. The minimum Gasteiger partial charge on any atom is -0.759 e. The molecule has 0 bridgehead atoms. The SMILES string of the molecule is N.N.O=S(=O)([O-])[O-].O=S(=O)([O-])[O-].[Pt+4]. The van der Waals surface area contributed by atoms with Gasteiger partial charge in [-0.1, -0.05) is 0 Å². The van der Waals surface area contributed by atoms with Crippen LogP contribution in [-0.2, 0) is 41.9 Å². The van der Waals surface area contributed by atoms with Crippen molar-refractivity contribution < 1.29 is 56.1 Å². The number of rotatable bonds is 0. The molecule has 0 aromatic heterocycles. The Morgan fingerprint density at radius 3 is 0.615 bits per heavy atom. The molecule has 0 atom stereocenters. The van der Waals surface area contributed by atoms with Gasteiger partial charge in [0.25, 0.3) is 0 Å². The van der Waals surface area contributed by atoms with E-state index in [4.69, 9.17) is 35.0 Å². The molecule has 0 rings (SSSR count). The summed E-state index contributed by atoms with van der Waals surface area (Å²) in [6.07, 6.45) is 0. The van der Waals surface area contributed by atoms with Crippen LogP contribution >= 0.6 is 0 Å². The molecule has 10 nitrogen and oxygen atoms in total. The van der Waals surface area contributed by atoms with Gasteiger partial charge in [0.2, 0.25) is 0 Å². The van der Waals surface area contributed by atoms with E-state index in [1.165, 1.54) is 0 Å². The van der Waals surface area contributed by atoms with Gasteiger partial charge in [-0.15, -0.1) is 0 Å². The van der Waals surface area contributed by atoms with Crippen molar-refractivity contribution >= 4 is 20.8 Å². The van der Waals surface area contributed by atoms with Crippen LogP contribution in [0.3, 0.4) is 0 Å². The Bertz CT molecular complexity index is 217. The van der Waals surface area contributed by atoms with Gasteiger partial charge < -0.3 is 30.5 Å². The quantitative estimate of drug-likeness (QED) is 0.312. The zero-order chi connectivity index (χ0) is 9.00. The molecule has 0 aromatic carbocycles. The Balaban J connectivity index is -0.0000000267. The van der Waals surface area contributed by atoms with Crippen LogP contribution in [0.2, 0.25) is 0 Å². The standard InChI is InChI=1S/2H3N.2H2O4S.Pt/c;;2*1-5(2,3)4;/h2*1H3;2*(H2,1,2,3,4);/q;;;;+4/p-4. The van der Waals surface area contributed by atoms with Crippen LogP contribution in [0.15, 0.2) is 0 Å². The third kappa shape index (κ3) is 10900. The third-order valence-corrected chi connectivity index (χ3v) is 0. The fourth-order valence-corrected chi connectivity index (χ4v) is 0. The van der Waals surface area contributed by atoms with Gasteiger partial charge in [0, 0.05) is 20.8 Å². The molecule has 0 aliphatic heterocycles. The number of hydrogen-bond acceptors (Lipinski definition) is 10. The molecule has 0 radical (unpaired) electrons. The minimum atomic E-state index is -5.17. The number of hydrogen-bond donors (Lipinski definition) is 2. The molecule has 13 heteroatoms. The summed E-state index contributed by atoms with van der Waals surface area (Å²) in [4.78, 5) is 0. The van der Waals surface area contributed by atoms with Gasteiger partial charge in [0.05, 0.1) is 0 Å². The molecule has 0 spiro atoms. The van der Waals surface area contributed by atoms with Crippen molar-refractivity contribution in [1.29, 1.82) is 0 Å². The zero-order valence-electron chi connectivity index (χ0n) is 5.81. The molecular weight excluding hydrogens is 415 g/mol. The van der Waals surface area contributed by atoms with E-state index in [9.17, 15) is 0 Å². The summed E-state index contributed by atoms with van der Waals surface area (Å²) in [6.45, 7) is 0. The van der Waals surface area contributed by atoms with Crippen LogP contribution in [0.25, 0.3) is 0 Å². The molecule has 86 valence electrons. The molecule has 0 saturated heterocycles. The average Bonchev–Trinajstić information content (AvgIpc) is 1.12. The van der Waals surface area contributed by atoms with Crippen LogP contribution in [0.4, 0.5) is 0 Å². The van der Waals surface area contributed by atoms with Gasteiger partial charge in [-0.05, 0) is 0 Å². The molecule has 0 fully saturated rings. The summed E-state index contributed by atoms with van der Waals surface area (Å²) in [6, 6.07) is 0. The normalized spacial score (nSPS) is 8.92. The average molecular weight is 421 g/mol. The maximum Gasteiger partial charge on any atom is 4.00 e.